The second-order valence-corrected chi connectivity index (χ2v) is 3.23. The largest absolute Gasteiger partial charge is 0.463 e. The van der Waals surface area contributed by atoms with Gasteiger partial charge in [-0.15, -0.1) is 0 Å². The number of carbonyl (C=O) groups is 1. The average Bonchev–Trinajstić information content (AvgIpc) is 2.36. The van der Waals surface area contributed by atoms with Gasteiger partial charge in [0.15, 0.2) is 0 Å². The predicted octanol–water partition coefficient (Wildman–Crippen LogP) is 2.04. The molecule has 18 heavy (non-hydrogen) atoms. The van der Waals surface area contributed by atoms with Crippen molar-refractivity contribution in [2.75, 3.05) is 6.61 Å². The highest BCUT2D eigenvalue weighted by Crippen LogP contribution is 2.21. The molecule has 0 unspecified atom stereocenters. The third kappa shape index (κ3) is 3.42. The number of carbonyl (C=O) groups excluding carboxylic acids is 1. The highest BCUT2D eigenvalue weighted by molar-refractivity contribution is 5.88. The van der Waals surface area contributed by atoms with E-state index in [0.717, 1.165) is 12.1 Å². The van der Waals surface area contributed by atoms with E-state index in [1.54, 1.807) is 6.92 Å². The van der Waals surface area contributed by atoms with Crippen molar-refractivity contribution in [1.82, 2.24) is 0 Å². The molecule has 0 atom stereocenters. The highest BCUT2D eigenvalue weighted by atomic mass is 16.6. The van der Waals surface area contributed by atoms with Crippen LogP contribution in [-0.2, 0) is 9.53 Å². The third-order valence-corrected chi connectivity index (χ3v) is 2.04. The highest BCUT2D eigenvalue weighted by Gasteiger charge is 2.12. The van der Waals surface area contributed by atoms with E-state index in [2.05, 4.69) is 4.74 Å². The van der Waals surface area contributed by atoms with E-state index < -0.39 is 10.9 Å². The minimum Gasteiger partial charge on any atom is -0.463 e. The van der Waals surface area contributed by atoms with Crippen molar-refractivity contribution in [2.24, 2.45) is 0 Å². The Bertz CT molecular complexity index is 543. The van der Waals surface area contributed by atoms with Crippen molar-refractivity contribution in [1.29, 1.82) is 5.26 Å². The Morgan fingerprint density at radius 3 is 2.89 bits per heavy atom. The molecule has 0 aromatic heterocycles. The van der Waals surface area contributed by atoms with Crippen molar-refractivity contribution in [2.45, 2.75) is 6.92 Å². The van der Waals surface area contributed by atoms with Crippen molar-refractivity contribution >= 4 is 17.7 Å². The van der Waals surface area contributed by atoms with Gasteiger partial charge in [0.05, 0.1) is 28.7 Å². The maximum atomic E-state index is 11.1. The molecule has 0 aliphatic heterocycles. The summed E-state index contributed by atoms with van der Waals surface area (Å²) in [5.74, 6) is -0.573. The van der Waals surface area contributed by atoms with E-state index in [-0.39, 0.29) is 23.4 Å². The minimum absolute atomic E-state index is 0.190. The first-order valence-electron chi connectivity index (χ1n) is 5.12. The summed E-state index contributed by atoms with van der Waals surface area (Å²) in [6.45, 7) is 1.90. The number of rotatable bonds is 4. The second-order valence-electron chi connectivity index (χ2n) is 3.23. The quantitative estimate of drug-likeness (QED) is 0.350. The van der Waals surface area contributed by atoms with Gasteiger partial charge in [0.25, 0.3) is 5.69 Å². The van der Waals surface area contributed by atoms with E-state index in [1.807, 2.05) is 6.07 Å². The standard InChI is InChI=1S/C12H10N2O4/c1-2-18-12(15)6-5-10-4-3-9(8-13)7-11(10)14(16)17/h3-7H,2H2,1H3/b6-5+. The topological polar surface area (TPSA) is 93.2 Å². The van der Waals surface area contributed by atoms with Gasteiger partial charge in [0.1, 0.15) is 0 Å². The molecule has 0 radical (unpaired) electrons. The number of hydrogen-bond acceptors (Lipinski definition) is 5. The fourth-order valence-electron chi connectivity index (χ4n) is 1.26. The van der Waals surface area contributed by atoms with E-state index >= 15 is 0 Å². The third-order valence-electron chi connectivity index (χ3n) is 2.04. The van der Waals surface area contributed by atoms with E-state index in [4.69, 9.17) is 5.26 Å². The number of nitriles is 1. The fourth-order valence-corrected chi connectivity index (χ4v) is 1.26. The van der Waals surface area contributed by atoms with Crippen LogP contribution in [0.1, 0.15) is 18.1 Å². The number of nitro benzene ring substituents is 1. The van der Waals surface area contributed by atoms with Crippen molar-refractivity contribution in [3.8, 4) is 6.07 Å². The molecule has 1 aromatic carbocycles. The number of hydrogen-bond donors (Lipinski definition) is 0. The number of nitro groups is 1. The first-order valence-corrected chi connectivity index (χ1v) is 5.12. The maximum Gasteiger partial charge on any atom is 0.330 e. The van der Waals surface area contributed by atoms with Crippen LogP contribution < -0.4 is 0 Å². The van der Waals surface area contributed by atoms with Crippen LogP contribution in [0, 0.1) is 21.4 Å². The van der Waals surface area contributed by atoms with Gasteiger partial charge >= 0.3 is 5.97 Å². The molecular formula is C12H10N2O4. The van der Waals surface area contributed by atoms with Crippen LogP contribution >= 0.6 is 0 Å². The van der Waals surface area contributed by atoms with Crippen molar-refractivity contribution < 1.29 is 14.5 Å². The van der Waals surface area contributed by atoms with Gasteiger partial charge in [-0.3, -0.25) is 10.1 Å². The van der Waals surface area contributed by atoms with Crippen LogP contribution in [0.2, 0.25) is 0 Å². The van der Waals surface area contributed by atoms with Crippen LogP contribution in [-0.4, -0.2) is 17.5 Å². The summed E-state index contributed by atoms with van der Waals surface area (Å²) >= 11 is 0. The fraction of sp³-hybridized carbons (Fsp3) is 0.167. The number of ether oxygens (including phenoxy) is 1. The Morgan fingerprint density at radius 1 is 1.61 bits per heavy atom. The summed E-state index contributed by atoms with van der Waals surface area (Å²) in [5.41, 5.74) is 0.205. The summed E-state index contributed by atoms with van der Waals surface area (Å²) in [5, 5.41) is 19.5. The summed E-state index contributed by atoms with van der Waals surface area (Å²) in [6.07, 6.45) is 2.40. The van der Waals surface area contributed by atoms with Gasteiger partial charge in [-0.25, -0.2) is 4.79 Å². The molecule has 6 nitrogen and oxygen atoms in total. The van der Waals surface area contributed by atoms with Gasteiger partial charge in [-0.2, -0.15) is 5.26 Å². The lowest BCUT2D eigenvalue weighted by Gasteiger charge is -1.98. The molecule has 0 aliphatic rings. The lowest BCUT2D eigenvalue weighted by molar-refractivity contribution is -0.385. The summed E-state index contributed by atoms with van der Waals surface area (Å²) < 4.78 is 4.66. The molecule has 0 fully saturated rings. The molecule has 0 spiro atoms. The molecule has 0 N–H and O–H groups in total. The summed E-state index contributed by atoms with van der Waals surface area (Å²) in [7, 11) is 0. The van der Waals surface area contributed by atoms with Crippen LogP contribution in [0.4, 0.5) is 5.69 Å². The summed E-state index contributed by atoms with van der Waals surface area (Å²) in [6, 6.07) is 5.82. The Morgan fingerprint density at radius 2 is 2.33 bits per heavy atom. The van der Waals surface area contributed by atoms with Gasteiger partial charge in [0, 0.05) is 12.1 Å². The Balaban J connectivity index is 3.06. The molecule has 0 heterocycles. The van der Waals surface area contributed by atoms with Crippen LogP contribution in [0.25, 0.3) is 6.08 Å². The normalized spacial score (nSPS) is 10.0. The molecule has 0 saturated carbocycles. The second kappa shape index (κ2) is 6.15. The Hall–Kier alpha value is -2.68. The molecule has 92 valence electrons. The van der Waals surface area contributed by atoms with Crippen LogP contribution in [0.3, 0.4) is 0 Å². The smallest absolute Gasteiger partial charge is 0.330 e. The molecule has 0 saturated heterocycles. The molecule has 6 heteroatoms. The lowest BCUT2D eigenvalue weighted by atomic mass is 10.1. The predicted molar refractivity (Wildman–Crippen MR) is 63.5 cm³/mol. The molecule has 1 aromatic rings. The SMILES string of the molecule is CCOC(=O)/C=C/c1ccc(C#N)cc1[N+](=O)[O-]. The zero-order valence-electron chi connectivity index (χ0n) is 9.62. The van der Waals surface area contributed by atoms with Gasteiger partial charge in [-0.1, -0.05) is 0 Å². The first kappa shape index (κ1) is 13.4. The van der Waals surface area contributed by atoms with Crippen molar-refractivity contribution in [3.05, 3.63) is 45.5 Å². The number of nitrogens with zero attached hydrogens (tertiary/aromatic N) is 2. The minimum atomic E-state index is -0.605. The first-order chi connectivity index (χ1) is 8.58. The molecule has 1 rings (SSSR count). The van der Waals surface area contributed by atoms with Crippen LogP contribution in [0.5, 0.6) is 0 Å². The van der Waals surface area contributed by atoms with E-state index in [1.165, 1.54) is 18.2 Å². The molecule has 0 aliphatic carbocycles. The van der Waals surface area contributed by atoms with Crippen molar-refractivity contribution in [3.63, 3.8) is 0 Å². The Kier molecular flexibility index (Phi) is 4.58. The van der Waals surface area contributed by atoms with Gasteiger partial charge in [0.2, 0.25) is 0 Å². The van der Waals surface area contributed by atoms with E-state index in [9.17, 15) is 14.9 Å². The molecule has 0 bridgehead atoms. The van der Waals surface area contributed by atoms with E-state index in [0.29, 0.717) is 0 Å². The zero-order chi connectivity index (χ0) is 13.5. The average molecular weight is 246 g/mol. The molecule has 0 amide bonds. The molecular weight excluding hydrogens is 236 g/mol. The number of esters is 1. The zero-order valence-corrected chi connectivity index (χ0v) is 9.62. The van der Waals surface area contributed by atoms with Gasteiger partial charge < -0.3 is 4.74 Å². The van der Waals surface area contributed by atoms with Gasteiger partial charge in [-0.05, 0) is 25.1 Å². The lowest BCUT2D eigenvalue weighted by Crippen LogP contribution is -1.99. The Labute approximate surface area is 103 Å². The monoisotopic (exact) mass is 246 g/mol. The number of benzene rings is 1. The maximum absolute atomic E-state index is 11.1. The summed E-state index contributed by atoms with van der Waals surface area (Å²) in [4.78, 5) is 21.3. The van der Waals surface area contributed by atoms with Crippen LogP contribution in [0.15, 0.2) is 24.3 Å².